The summed E-state index contributed by atoms with van der Waals surface area (Å²) >= 11 is 1.88. The van der Waals surface area contributed by atoms with Gasteiger partial charge in [0.2, 0.25) is 0 Å². The maximum absolute atomic E-state index is 3.52. The molecule has 0 bridgehead atoms. The van der Waals surface area contributed by atoms with Crippen LogP contribution in [0, 0.1) is 5.92 Å². The van der Waals surface area contributed by atoms with Gasteiger partial charge in [0.05, 0.1) is 0 Å². The molecule has 0 spiro atoms. The van der Waals surface area contributed by atoms with Gasteiger partial charge in [-0.3, -0.25) is 0 Å². The van der Waals surface area contributed by atoms with Crippen molar-refractivity contribution in [1.82, 2.24) is 5.32 Å². The molecule has 1 nitrogen and oxygen atoms in total. The van der Waals surface area contributed by atoms with Gasteiger partial charge in [0, 0.05) is 10.9 Å². The van der Waals surface area contributed by atoms with Gasteiger partial charge in [-0.05, 0) is 43.7 Å². The molecule has 1 unspecified atom stereocenters. The van der Waals surface area contributed by atoms with Gasteiger partial charge in [-0.15, -0.1) is 11.3 Å². The fourth-order valence-corrected chi connectivity index (χ4v) is 3.20. The zero-order valence-corrected chi connectivity index (χ0v) is 11.6. The van der Waals surface area contributed by atoms with E-state index in [1.165, 1.54) is 37.0 Å². The van der Waals surface area contributed by atoms with Crippen LogP contribution in [0.1, 0.15) is 44.4 Å². The standard InChI is InChI=1S/C14H25NS/c1-4-7-12(8-5-2)14(15-3)11-13-9-6-10-16-13/h6,9-10,12,14-15H,4-5,7-8,11H2,1-3H3. The van der Waals surface area contributed by atoms with E-state index in [1.54, 1.807) is 0 Å². The first kappa shape index (κ1) is 13.7. The second kappa shape index (κ2) is 7.86. The van der Waals surface area contributed by atoms with Gasteiger partial charge in [0.1, 0.15) is 0 Å². The second-order valence-corrected chi connectivity index (χ2v) is 5.55. The lowest BCUT2D eigenvalue weighted by atomic mass is 9.88. The zero-order valence-electron chi connectivity index (χ0n) is 10.8. The quantitative estimate of drug-likeness (QED) is 0.720. The predicted molar refractivity (Wildman–Crippen MR) is 74.2 cm³/mol. The molecule has 0 aliphatic heterocycles. The summed E-state index contributed by atoms with van der Waals surface area (Å²) in [6.07, 6.45) is 6.49. The highest BCUT2D eigenvalue weighted by molar-refractivity contribution is 7.09. The number of likely N-dealkylation sites (N-methyl/N-ethyl adjacent to an activating group) is 1. The molecule has 1 aromatic rings. The lowest BCUT2D eigenvalue weighted by Crippen LogP contribution is -2.35. The third kappa shape index (κ3) is 4.26. The molecule has 2 heteroatoms. The van der Waals surface area contributed by atoms with Crippen LogP contribution < -0.4 is 5.32 Å². The first-order valence-electron chi connectivity index (χ1n) is 6.51. The Morgan fingerprint density at radius 1 is 1.25 bits per heavy atom. The van der Waals surface area contributed by atoms with Crippen molar-refractivity contribution in [3.63, 3.8) is 0 Å². The molecule has 1 heterocycles. The maximum Gasteiger partial charge on any atom is 0.0141 e. The van der Waals surface area contributed by atoms with Crippen molar-refractivity contribution in [2.45, 2.75) is 52.0 Å². The van der Waals surface area contributed by atoms with Gasteiger partial charge in [-0.25, -0.2) is 0 Å². The van der Waals surface area contributed by atoms with Gasteiger partial charge in [0.25, 0.3) is 0 Å². The fourth-order valence-electron chi connectivity index (χ4n) is 2.44. The Balaban J connectivity index is 2.55. The highest BCUT2D eigenvalue weighted by Crippen LogP contribution is 2.22. The Labute approximate surface area is 104 Å². The summed E-state index contributed by atoms with van der Waals surface area (Å²) in [5.41, 5.74) is 0. The van der Waals surface area contributed by atoms with Crippen LogP contribution in [0.4, 0.5) is 0 Å². The minimum Gasteiger partial charge on any atom is -0.316 e. The predicted octanol–water partition coefficient (Wildman–Crippen LogP) is 4.10. The SMILES string of the molecule is CCCC(CCC)C(Cc1cccs1)NC. The van der Waals surface area contributed by atoms with Crippen LogP contribution in [0.5, 0.6) is 0 Å². The summed E-state index contributed by atoms with van der Waals surface area (Å²) in [6.45, 7) is 4.58. The molecular formula is C14H25NS. The number of hydrogen-bond acceptors (Lipinski definition) is 2. The lowest BCUT2D eigenvalue weighted by molar-refractivity contribution is 0.324. The largest absolute Gasteiger partial charge is 0.316 e. The smallest absolute Gasteiger partial charge is 0.0141 e. The molecule has 1 rings (SSSR count). The van der Waals surface area contributed by atoms with Crippen molar-refractivity contribution < 1.29 is 0 Å². The van der Waals surface area contributed by atoms with Gasteiger partial charge < -0.3 is 5.32 Å². The van der Waals surface area contributed by atoms with E-state index in [-0.39, 0.29) is 0 Å². The molecule has 0 saturated carbocycles. The van der Waals surface area contributed by atoms with E-state index in [4.69, 9.17) is 0 Å². The zero-order chi connectivity index (χ0) is 11.8. The van der Waals surface area contributed by atoms with E-state index in [0.717, 1.165) is 5.92 Å². The number of nitrogens with one attached hydrogen (secondary N) is 1. The average molecular weight is 239 g/mol. The monoisotopic (exact) mass is 239 g/mol. The molecule has 16 heavy (non-hydrogen) atoms. The summed E-state index contributed by atoms with van der Waals surface area (Å²) < 4.78 is 0. The molecule has 0 aliphatic rings. The number of rotatable bonds is 8. The van der Waals surface area contributed by atoms with Crippen LogP contribution >= 0.6 is 11.3 Å². The lowest BCUT2D eigenvalue weighted by Gasteiger charge is -2.26. The Hall–Kier alpha value is -0.340. The van der Waals surface area contributed by atoms with Crippen LogP contribution in [0.15, 0.2) is 17.5 Å². The van der Waals surface area contributed by atoms with Crippen molar-refractivity contribution in [2.24, 2.45) is 5.92 Å². The molecule has 1 atom stereocenters. The average Bonchev–Trinajstić information content (AvgIpc) is 2.78. The fraction of sp³-hybridized carbons (Fsp3) is 0.714. The molecule has 92 valence electrons. The topological polar surface area (TPSA) is 12.0 Å². The minimum atomic E-state index is 0.651. The van der Waals surface area contributed by atoms with Crippen LogP contribution in [-0.4, -0.2) is 13.1 Å². The molecule has 0 aliphatic carbocycles. The van der Waals surface area contributed by atoms with Gasteiger partial charge >= 0.3 is 0 Å². The minimum absolute atomic E-state index is 0.651. The first-order chi connectivity index (χ1) is 7.81. The van der Waals surface area contributed by atoms with Crippen LogP contribution in [-0.2, 0) is 6.42 Å². The van der Waals surface area contributed by atoms with Crippen molar-refractivity contribution in [3.8, 4) is 0 Å². The van der Waals surface area contributed by atoms with E-state index in [9.17, 15) is 0 Å². The molecule has 0 fully saturated rings. The van der Waals surface area contributed by atoms with Gasteiger partial charge in [-0.1, -0.05) is 32.8 Å². The molecule has 0 radical (unpaired) electrons. The van der Waals surface area contributed by atoms with Gasteiger partial charge in [0.15, 0.2) is 0 Å². The molecule has 0 aromatic carbocycles. The molecule has 1 aromatic heterocycles. The third-order valence-electron chi connectivity index (χ3n) is 3.26. The Morgan fingerprint density at radius 3 is 2.38 bits per heavy atom. The Morgan fingerprint density at radius 2 is 1.94 bits per heavy atom. The summed E-state index contributed by atoms with van der Waals surface area (Å²) in [5.74, 6) is 0.835. The Bertz CT molecular complexity index is 250. The number of hydrogen-bond donors (Lipinski definition) is 1. The summed E-state index contributed by atoms with van der Waals surface area (Å²) in [6, 6.07) is 5.06. The first-order valence-corrected chi connectivity index (χ1v) is 7.39. The molecule has 0 saturated heterocycles. The number of thiophene rings is 1. The van der Waals surface area contributed by atoms with Gasteiger partial charge in [-0.2, -0.15) is 0 Å². The van der Waals surface area contributed by atoms with Crippen molar-refractivity contribution in [1.29, 1.82) is 0 Å². The van der Waals surface area contributed by atoms with E-state index in [0.29, 0.717) is 6.04 Å². The Kier molecular flexibility index (Phi) is 6.74. The van der Waals surface area contributed by atoms with E-state index in [1.807, 2.05) is 11.3 Å². The highest BCUT2D eigenvalue weighted by atomic mass is 32.1. The normalized spacial score (nSPS) is 13.2. The summed E-state index contributed by atoms with van der Waals surface area (Å²) in [7, 11) is 2.11. The maximum atomic E-state index is 3.52. The van der Waals surface area contributed by atoms with Crippen LogP contribution in [0.2, 0.25) is 0 Å². The van der Waals surface area contributed by atoms with E-state index < -0.39 is 0 Å². The molecule has 0 amide bonds. The van der Waals surface area contributed by atoms with E-state index >= 15 is 0 Å². The van der Waals surface area contributed by atoms with Crippen molar-refractivity contribution in [2.75, 3.05) is 7.05 Å². The van der Waals surface area contributed by atoms with Crippen molar-refractivity contribution in [3.05, 3.63) is 22.4 Å². The third-order valence-corrected chi connectivity index (χ3v) is 4.16. The van der Waals surface area contributed by atoms with Crippen molar-refractivity contribution >= 4 is 11.3 Å². The van der Waals surface area contributed by atoms with Crippen LogP contribution in [0.3, 0.4) is 0 Å². The summed E-state index contributed by atoms with van der Waals surface area (Å²) in [5, 5.41) is 5.69. The van der Waals surface area contributed by atoms with Crippen LogP contribution in [0.25, 0.3) is 0 Å². The summed E-state index contributed by atoms with van der Waals surface area (Å²) in [4.78, 5) is 1.51. The molecule has 1 N–H and O–H groups in total. The second-order valence-electron chi connectivity index (χ2n) is 4.52. The van der Waals surface area contributed by atoms with E-state index in [2.05, 4.69) is 43.7 Å². The molecular weight excluding hydrogens is 214 g/mol. The highest BCUT2D eigenvalue weighted by Gasteiger charge is 2.19.